The van der Waals surface area contributed by atoms with E-state index in [0.717, 1.165) is 28.2 Å². The summed E-state index contributed by atoms with van der Waals surface area (Å²) >= 11 is 0. The van der Waals surface area contributed by atoms with E-state index in [1.54, 1.807) is 0 Å². The van der Waals surface area contributed by atoms with Crippen LogP contribution in [-0.2, 0) is 4.74 Å². The third-order valence-corrected chi connectivity index (χ3v) is 3.20. The topological polar surface area (TPSA) is 51.5 Å². The van der Waals surface area contributed by atoms with E-state index in [0.29, 0.717) is 13.2 Å². The highest BCUT2D eigenvalue weighted by Crippen LogP contribution is 2.34. The molecular weight excluding hydrogens is 254 g/mol. The molecule has 0 fully saturated rings. The zero-order valence-corrected chi connectivity index (χ0v) is 11.2. The smallest absolute Gasteiger partial charge is 0.212 e. The molecule has 1 heterocycles. The first-order chi connectivity index (χ1) is 9.78. The van der Waals surface area contributed by atoms with Crippen molar-refractivity contribution in [2.75, 3.05) is 20.3 Å². The van der Waals surface area contributed by atoms with Crippen molar-refractivity contribution in [3.05, 3.63) is 48.0 Å². The SMILES string of the molecule is COC(=N)c1cccc(-c2ccc3c(c2)OCCO3)c1. The molecule has 4 nitrogen and oxygen atoms in total. The van der Waals surface area contributed by atoms with Crippen LogP contribution in [0.3, 0.4) is 0 Å². The van der Waals surface area contributed by atoms with Gasteiger partial charge in [0.1, 0.15) is 13.2 Å². The molecule has 0 saturated heterocycles. The highest BCUT2D eigenvalue weighted by atomic mass is 16.6. The van der Waals surface area contributed by atoms with Gasteiger partial charge < -0.3 is 14.2 Å². The van der Waals surface area contributed by atoms with Crippen molar-refractivity contribution in [2.24, 2.45) is 0 Å². The van der Waals surface area contributed by atoms with Crippen molar-refractivity contribution in [3.63, 3.8) is 0 Å². The third kappa shape index (κ3) is 2.32. The lowest BCUT2D eigenvalue weighted by Gasteiger charge is -2.19. The van der Waals surface area contributed by atoms with Crippen LogP contribution in [0.25, 0.3) is 11.1 Å². The average Bonchev–Trinajstić information content (AvgIpc) is 2.53. The van der Waals surface area contributed by atoms with Crippen LogP contribution in [-0.4, -0.2) is 26.2 Å². The normalized spacial score (nSPS) is 12.8. The summed E-state index contributed by atoms with van der Waals surface area (Å²) in [5.41, 5.74) is 2.79. The standard InChI is InChI=1S/C16H15NO3/c1-18-16(17)13-4-2-3-11(9-13)12-5-6-14-15(10-12)20-8-7-19-14/h2-6,9-10,17H,7-8H2,1H3. The molecule has 0 amide bonds. The van der Waals surface area contributed by atoms with Gasteiger partial charge in [0.15, 0.2) is 11.5 Å². The van der Waals surface area contributed by atoms with Gasteiger partial charge in [0.2, 0.25) is 5.90 Å². The number of methoxy groups -OCH3 is 1. The van der Waals surface area contributed by atoms with Crippen molar-refractivity contribution in [3.8, 4) is 22.6 Å². The van der Waals surface area contributed by atoms with Gasteiger partial charge >= 0.3 is 0 Å². The largest absolute Gasteiger partial charge is 0.486 e. The molecule has 102 valence electrons. The van der Waals surface area contributed by atoms with Crippen LogP contribution in [0, 0.1) is 5.41 Å². The number of hydrogen-bond acceptors (Lipinski definition) is 4. The van der Waals surface area contributed by atoms with Gasteiger partial charge in [-0.15, -0.1) is 0 Å². The zero-order chi connectivity index (χ0) is 13.9. The molecule has 0 unspecified atom stereocenters. The van der Waals surface area contributed by atoms with Gasteiger partial charge in [-0.1, -0.05) is 18.2 Å². The van der Waals surface area contributed by atoms with Gasteiger partial charge in [-0.05, 0) is 35.4 Å². The summed E-state index contributed by atoms with van der Waals surface area (Å²) in [5, 5.41) is 7.72. The third-order valence-electron chi connectivity index (χ3n) is 3.20. The molecular formula is C16H15NO3. The van der Waals surface area contributed by atoms with Gasteiger partial charge in [-0.3, -0.25) is 5.41 Å². The maximum absolute atomic E-state index is 7.72. The van der Waals surface area contributed by atoms with Crippen LogP contribution in [0.1, 0.15) is 5.56 Å². The van der Waals surface area contributed by atoms with Crippen LogP contribution in [0.4, 0.5) is 0 Å². The number of nitrogens with one attached hydrogen (secondary N) is 1. The highest BCUT2D eigenvalue weighted by Gasteiger charge is 2.12. The van der Waals surface area contributed by atoms with Crippen LogP contribution >= 0.6 is 0 Å². The van der Waals surface area contributed by atoms with E-state index in [1.165, 1.54) is 7.11 Å². The Bertz CT molecular complexity index is 652. The van der Waals surface area contributed by atoms with Gasteiger partial charge in [-0.2, -0.15) is 0 Å². The molecule has 4 heteroatoms. The fourth-order valence-electron chi connectivity index (χ4n) is 2.18. The predicted octanol–water partition coefficient (Wildman–Crippen LogP) is 3.10. The van der Waals surface area contributed by atoms with Gasteiger partial charge in [-0.25, -0.2) is 0 Å². The Morgan fingerprint density at radius 2 is 1.75 bits per heavy atom. The number of hydrogen-bond donors (Lipinski definition) is 1. The summed E-state index contributed by atoms with van der Waals surface area (Å²) in [4.78, 5) is 0. The molecule has 0 saturated carbocycles. The van der Waals surface area contributed by atoms with E-state index >= 15 is 0 Å². The Morgan fingerprint density at radius 1 is 1.00 bits per heavy atom. The van der Waals surface area contributed by atoms with E-state index in [4.69, 9.17) is 19.6 Å². The van der Waals surface area contributed by atoms with E-state index in [-0.39, 0.29) is 5.90 Å². The van der Waals surface area contributed by atoms with Crippen molar-refractivity contribution < 1.29 is 14.2 Å². The first-order valence-electron chi connectivity index (χ1n) is 6.41. The molecule has 1 aliphatic heterocycles. The first-order valence-corrected chi connectivity index (χ1v) is 6.41. The molecule has 0 bridgehead atoms. The molecule has 2 aromatic rings. The number of benzene rings is 2. The van der Waals surface area contributed by atoms with E-state index in [1.807, 2.05) is 42.5 Å². The second-order valence-corrected chi connectivity index (χ2v) is 4.47. The summed E-state index contributed by atoms with van der Waals surface area (Å²) in [7, 11) is 1.50. The fraction of sp³-hybridized carbons (Fsp3) is 0.188. The molecule has 3 rings (SSSR count). The lowest BCUT2D eigenvalue weighted by molar-refractivity contribution is 0.171. The van der Waals surface area contributed by atoms with Gasteiger partial charge in [0.05, 0.1) is 7.11 Å². The summed E-state index contributed by atoms with van der Waals surface area (Å²) in [6.45, 7) is 1.16. The predicted molar refractivity (Wildman–Crippen MR) is 76.7 cm³/mol. The minimum Gasteiger partial charge on any atom is -0.486 e. The Labute approximate surface area is 117 Å². The van der Waals surface area contributed by atoms with E-state index in [2.05, 4.69) is 0 Å². The van der Waals surface area contributed by atoms with Crippen LogP contribution in [0.2, 0.25) is 0 Å². The zero-order valence-electron chi connectivity index (χ0n) is 11.2. The molecule has 20 heavy (non-hydrogen) atoms. The second-order valence-electron chi connectivity index (χ2n) is 4.47. The number of ether oxygens (including phenoxy) is 3. The van der Waals surface area contributed by atoms with Crippen LogP contribution in [0.5, 0.6) is 11.5 Å². The lowest BCUT2D eigenvalue weighted by atomic mass is 10.0. The lowest BCUT2D eigenvalue weighted by Crippen LogP contribution is -2.15. The highest BCUT2D eigenvalue weighted by molar-refractivity contribution is 5.93. The van der Waals surface area contributed by atoms with E-state index < -0.39 is 0 Å². The molecule has 0 spiro atoms. The molecule has 0 aliphatic carbocycles. The maximum atomic E-state index is 7.72. The first kappa shape index (κ1) is 12.5. The second kappa shape index (κ2) is 5.25. The minimum atomic E-state index is 0.157. The molecule has 0 aromatic heterocycles. The summed E-state index contributed by atoms with van der Waals surface area (Å²) in [5.74, 6) is 1.70. The van der Waals surface area contributed by atoms with E-state index in [9.17, 15) is 0 Å². The Balaban J connectivity index is 1.98. The number of rotatable bonds is 2. The summed E-state index contributed by atoms with van der Waals surface area (Å²) in [6, 6.07) is 13.6. The van der Waals surface area contributed by atoms with Crippen molar-refractivity contribution >= 4 is 5.90 Å². The minimum absolute atomic E-state index is 0.157. The van der Waals surface area contributed by atoms with Crippen LogP contribution in [0.15, 0.2) is 42.5 Å². The quantitative estimate of drug-likeness (QED) is 0.673. The fourth-order valence-corrected chi connectivity index (χ4v) is 2.18. The van der Waals surface area contributed by atoms with Crippen LogP contribution < -0.4 is 9.47 Å². The summed E-state index contributed by atoms with van der Waals surface area (Å²) < 4.78 is 16.1. The average molecular weight is 269 g/mol. The molecule has 0 atom stereocenters. The Morgan fingerprint density at radius 3 is 2.55 bits per heavy atom. The van der Waals surface area contributed by atoms with Crippen molar-refractivity contribution in [1.29, 1.82) is 5.41 Å². The molecule has 1 N–H and O–H groups in total. The molecule has 1 aliphatic rings. The van der Waals surface area contributed by atoms with Crippen molar-refractivity contribution in [1.82, 2.24) is 0 Å². The monoisotopic (exact) mass is 269 g/mol. The number of fused-ring (bicyclic) bond motifs is 1. The Kier molecular flexibility index (Phi) is 3.29. The molecule has 2 aromatic carbocycles. The summed E-state index contributed by atoms with van der Waals surface area (Å²) in [6.07, 6.45) is 0. The van der Waals surface area contributed by atoms with Crippen molar-refractivity contribution in [2.45, 2.75) is 0 Å². The Hall–Kier alpha value is -2.49. The molecule has 0 radical (unpaired) electrons. The van der Waals surface area contributed by atoms with Gasteiger partial charge in [0, 0.05) is 5.56 Å². The maximum Gasteiger partial charge on any atom is 0.212 e. The van der Waals surface area contributed by atoms with Gasteiger partial charge in [0.25, 0.3) is 0 Å².